The van der Waals surface area contributed by atoms with Gasteiger partial charge in [0.05, 0.1) is 0 Å². The van der Waals surface area contributed by atoms with Crippen molar-refractivity contribution in [2.24, 2.45) is 0 Å². The second-order valence-corrected chi connectivity index (χ2v) is 7.35. The molecule has 5 heteroatoms. The molecule has 0 saturated heterocycles. The van der Waals surface area contributed by atoms with Crippen LogP contribution in [0.15, 0.2) is 60.8 Å². The molecule has 148 valence electrons. The predicted molar refractivity (Wildman–Crippen MR) is 117 cm³/mol. The third-order valence-electron chi connectivity index (χ3n) is 4.81. The molecule has 0 spiro atoms. The quantitative estimate of drug-likeness (QED) is 0.622. The summed E-state index contributed by atoms with van der Waals surface area (Å²) in [5.41, 5.74) is 5.12. The Bertz CT molecular complexity index is 1060. The van der Waals surface area contributed by atoms with Crippen LogP contribution in [0.1, 0.15) is 57.3 Å². The van der Waals surface area contributed by atoms with Crippen LogP contribution in [0.2, 0.25) is 0 Å². The number of carbonyl (C=O) groups is 2. The van der Waals surface area contributed by atoms with E-state index in [2.05, 4.69) is 29.5 Å². The highest BCUT2D eigenvalue weighted by atomic mass is 16.2. The third-order valence-corrected chi connectivity index (χ3v) is 4.81. The minimum atomic E-state index is -0.341. The minimum absolute atomic E-state index is 0.195. The number of benzene rings is 2. The van der Waals surface area contributed by atoms with Crippen LogP contribution in [0, 0.1) is 13.8 Å². The van der Waals surface area contributed by atoms with Crippen molar-refractivity contribution in [3.8, 4) is 0 Å². The first kappa shape index (κ1) is 20.3. The van der Waals surface area contributed by atoms with E-state index in [0.717, 1.165) is 28.1 Å². The maximum absolute atomic E-state index is 12.8. The molecule has 0 unspecified atom stereocenters. The molecule has 1 aromatic heterocycles. The number of nitrogens with zero attached hydrogens (tertiary/aromatic N) is 1. The van der Waals surface area contributed by atoms with E-state index in [1.165, 1.54) is 12.3 Å². The Morgan fingerprint density at radius 2 is 1.59 bits per heavy atom. The third kappa shape index (κ3) is 4.69. The molecule has 0 aliphatic carbocycles. The Labute approximate surface area is 171 Å². The van der Waals surface area contributed by atoms with Crippen LogP contribution in [0.25, 0.3) is 0 Å². The molecule has 1 heterocycles. The van der Waals surface area contributed by atoms with E-state index in [0.29, 0.717) is 5.56 Å². The predicted octanol–water partition coefficient (Wildman–Crippen LogP) is 5.33. The lowest BCUT2D eigenvalue weighted by molar-refractivity contribution is 0.102. The Morgan fingerprint density at radius 1 is 0.862 bits per heavy atom. The van der Waals surface area contributed by atoms with Crippen LogP contribution in [0.4, 0.5) is 11.4 Å². The average Bonchev–Trinajstić information content (AvgIpc) is 2.71. The van der Waals surface area contributed by atoms with Crippen LogP contribution in [0.3, 0.4) is 0 Å². The van der Waals surface area contributed by atoms with E-state index >= 15 is 0 Å². The summed E-state index contributed by atoms with van der Waals surface area (Å²) >= 11 is 0. The van der Waals surface area contributed by atoms with Gasteiger partial charge >= 0.3 is 0 Å². The monoisotopic (exact) mass is 387 g/mol. The fourth-order valence-electron chi connectivity index (χ4n) is 3.12. The van der Waals surface area contributed by atoms with Crippen molar-refractivity contribution >= 4 is 23.2 Å². The van der Waals surface area contributed by atoms with Crippen molar-refractivity contribution < 1.29 is 9.59 Å². The zero-order valence-electron chi connectivity index (χ0n) is 17.1. The summed E-state index contributed by atoms with van der Waals surface area (Å²) in [5, 5.41) is 5.85. The van der Waals surface area contributed by atoms with Gasteiger partial charge in [-0.25, -0.2) is 0 Å². The van der Waals surface area contributed by atoms with E-state index in [9.17, 15) is 9.59 Å². The number of anilines is 2. The van der Waals surface area contributed by atoms with E-state index in [1.807, 2.05) is 56.3 Å². The largest absolute Gasteiger partial charge is 0.322 e. The van der Waals surface area contributed by atoms with Gasteiger partial charge in [0.2, 0.25) is 0 Å². The second kappa shape index (κ2) is 8.69. The molecule has 3 rings (SSSR count). The summed E-state index contributed by atoms with van der Waals surface area (Å²) in [7, 11) is 0. The lowest BCUT2D eigenvalue weighted by atomic mass is 9.98. The molecule has 0 radical (unpaired) electrons. The van der Waals surface area contributed by atoms with Gasteiger partial charge in [0.1, 0.15) is 5.69 Å². The highest BCUT2D eigenvalue weighted by molar-refractivity contribution is 6.08. The first-order valence-corrected chi connectivity index (χ1v) is 9.60. The molecule has 3 aromatic rings. The highest BCUT2D eigenvalue weighted by Gasteiger charge is 2.16. The molecule has 0 aliphatic rings. The molecule has 0 saturated carbocycles. The van der Waals surface area contributed by atoms with Crippen molar-refractivity contribution in [1.82, 2.24) is 4.98 Å². The van der Waals surface area contributed by atoms with Crippen LogP contribution in [0.5, 0.6) is 0 Å². The van der Waals surface area contributed by atoms with Crippen molar-refractivity contribution in [1.29, 1.82) is 0 Å². The number of aryl methyl sites for hydroxylation is 2. The molecule has 2 aromatic carbocycles. The smallest absolute Gasteiger partial charge is 0.274 e. The molecule has 0 fully saturated rings. The van der Waals surface area contributed by atoms with E-state index in [1.54, 1.807) is 6.07 Å². The van der Waals surface area contributed by atoms with Gasteiger partial charge in [0, 0.05) is 23.1 Å². The molecule has 0 bridgehead atoms. The number of amides is 2. The summed E-state index contributed by atoms with van der Waals surface area (Å²) < 4.78 is 0. The Balaban J connectivity index is 1.82. The lowest BCUT2D eigenvalue weighted by Gasteiger charge is -2.16. The van der Waals surface area contributed by atoms with Crippen LogP contribution < -0.4 is 10.6 Å². The van der Waals surface area contributed by atoms with Gasteiger partial charge in [-0.3, -0.25) is 14.6 Å². The van der Waals surface area contributed by atoms with Crippen LogP contribution in [-0.4, -0.2) is 16.8 Å². The normalized spacial score (nSPS) is 10.7. The summed E-state index contributed by atoms with van der Waals surface area (Å²) in [6.45, 7) is 8.05. The molecule has 2 N–H and O–H groups in total. The number of hydrogen-bond acceptors (Lipinski definition) is 3. The zero-order chi connectivity index (χ0) is 21.0. The standard InChI is InChI=1S/C24H25N3O2/c1-15(2)19-10-7-9-17(4)22(19)27-24(29)21-14-18(12-13-25-21)23(28)26-20-11-6-5-8-16(20)3/h5-15H,1-4H3,(H,26,28)(H,27,29). The van der Waals surface area contributed by atoms with Gasteiger partial charge < -0.3 is 10.6 Å². The van der Waals surface area contributed by atoms with Crippen molar-refractivity contribution in [2.75, 3.05) is 10.6 Å². The molecule has 5 nitrogen and oxygen atoms in total. The van der Waals surface area contributed by atoms with Gasteiger partial charge in [0.15, 0.2) is 0 Å². The highest BCUT2D eigenvalue weighted by Crippen LogP contribution is 2.27. The SMILES string of the molecule is Cc1ccccc1NC(=O)c1ccnc(C(=O)Nc2c(C)cccc2C(C)C)c1. The first-order valence-electron chi connectivity index (χ1n) is 9.60. The van der Waals surface area contributed by atoms with Crippen LogP contribution >= 0.6 is 0 Å². The fourth-order valence-corrected chi connectivity index (χ4v) is 3.12. The van der Waals surface area contributed by atoms with Crippen LogP contribution in [-0.2, 0) is 0 Å². The Hall–Kier alpha value is -3.47. The summed E-state index contributed by atoms with van der Waals surface area (Å²) in [6.07, 6.45) is 1.48. The van der Waals surface area contributed by atoms with Crippen molar-refractivity contribution in [3.05, 3.63) is 88.7 Å². The lowest BCUT2D eigenvalue weighted by Crippen LogP contribution is -2.18. The average molecular weight is 387 g/mol. The number of carbonyl (C=O) groups excluding carboxylic acids is 2. The Morgan fingerprint density at radius 3 is 2.31 bits per heavy atom. The molecule has 29 heavy (non-hydrogen) atoms. The molecule has 2 amide bonds. The van der Waals surface area contributed by atoms with E-state index in [4.69, 9.17) is 0 Å². The van der Waals surface area contributed by atoms with E-state index < -0.39 is 0 Å². The maximum Gasteiger partial charge on any atom is 0.274 e. The summed E-state index contributed by atoms with van der Waals surface area (Å²) in [5.74, 6) is -0.356. The van der Waals surface area contributed by atoms with Gasteiger partial charge in [-0.1, -0.05) is 50.2 Å². The van der Waals surface area contributed by atoms with Gasteiger partial charge in [0.25, 0.3) is 11.8 Å². The van der Waals surface area contributed by atoms with Gasteiger partial charge in [-0.15, -0.1) is 0 Å². The molecule has 0 aliphatic heterocycles. The van der Waals surface area contributed by atoms with Crippen molar-refractivity contribution in [2.45, 2.75) is 33.6 Å². The first-order chi connectivity index (χ1) is 13.9. The van der Waals surface area contributed by atoms with Crippen molar-refractivity contribution in [3.63, 3.8) is 0 Å². The number of pyridine rings is 1. The number of nitrogens with one attached hydrogen (secondary N) is 2. The molecule has 0 atom stereocenters. The molecular weight excluding hydrogens is 362 g/mol. The number of aromatic nitrogens is 1. The van der Waals surface area contributed by atoms with E-state index in [-0.39, 0.29) is 23.4 Å². The summed E-state index contributed by atoms with van der Waals surface area (Å²) in [6, 6.07) is 16.6. The number of para-hydroxylation sites is 2. The molecular formula is C24H25N3O2. The summed E-state index contributed by atoms with van der Waals surface area (Å²) in [4.78, 5) is 29.6. The Kier molecular flexibility index (Phi) is 6.07. The fraction of sp³-hybridized carbons (Fsp3) is 0.208. The number of hydrogen-bond donors (Lipinski definition) is 2. The second-order valence-electron chi connectivity index (χ2n) is 7.35. The van der Waals surface area contributed by atoms with Gasteiger partial charge in [-0.2, -0.15) is 0 Å². The maximum atomic E-state index is 12.8. The topological polar surface area (TPSA) is 71.1 Å². The van der Waals surface area contributed by atoms with Gasteiger partial charge in [-0.05, 0) is 54.7 Å². The minimum Gasteiger partial charge on any atom is -0.322 e. The number of rotatable bonds is 5. The zero-order valence-corrected chi connectivity index (χ0v) is 17.1.